The molecule has 0 aliphatic carbocycles. The molecule has 0 aromatic carbocycles. The van der Waals surface area contributed by atoms with Crippen LogP contribution in [-0.4, -0.2) is 23.5 Å². The molecule has 0 fully saturated rings. The Morgan fingerprint density at radius 3 is 3.07 bits per heavy atom. The van der Waals surface area contributed by atoms with Crippen molar-refractivity contribution in [3.63, 3.8) is 0 Å². The van der Waals surface area contributed by atoms with E-state index in [-0.39, 0.29) is 0 Å². The predicted molar refractivity (Wildman–Crippen MR) is 68.1 cm³/mol. The Labute approximate surface area is 95.0 Å². The molecule has 1 aromatic rings. The number of nitrogens with one attached hydrogen (secondary N) is 2. The number of hydrogen-bond donors (Lipinski definition) is 3. The monoisotopic (exact) mass is 226 g/mol. The van der Waals surface area contributed by atoms with Crippen LogP contribution in [0.15, 0.2) is 18.3 Å². The molecule has 0 spiro atoms. The Hall–Kier alpha value is -0.940. The molecule has 1 unspecified atom stereocenters. The molecule has 4 N–H and O–H groups in total. The molecule has 0 amide bonds. The van der Waals surface area contributed by atoms with Crippen LogP contribution in [0.2, 0.25) is 0 Å². The van der Waals surface area contributed by atoms with Crippen molar-refractivity contribution in [2.75, 3.05) is 29.3 Å². The van der Waals surface area contributed by atoms with Crippen LogP contribution in [0.1, 0.15) is 6.92 Å². The summed E-state index contributed by atoms with van der Waals surface area (Å²) in [6.07, 6.45) is 3.86. The van der Waals surface area contributed by atoms with E-state index in [9.17, 15) is 0 Å². The number of rotatable bonds is 6. The van der Waals surface area contributed by atoms with Gasteiger partial charge in [-0.2, -0.15) is 11.8 Å². The van der Waals surface area contributed by atoms with E-state index in [0.717, 1.165) is 12.2 Å². The molecule has 0 aliphatic heterocycles. The van der Waals surface area contributed by atoms with Gasteiger partial charge in [0.25, 0.3) is 0 Å². The van der Waals surface area contributed by atoms with Gasteiger partial charge >= 0.3 is 0 Å². The second-order valence-electron chi connectivity index (χ2n) is 3.52. The molecule has 0 aliphatic rings. The molecule has 5 heteroatoms. The van der Waals surface area contributed by atoms with Crippen LogP contribution in [0.4, 0.5) is 11.5 Å². The second-order valence-corrected chi connectivity index (χ2v) is 4.43. The quantitative estimate of drug-likeness (QED) is 0.510. The normalized spacial score (nSPS) is 12.2. The third-order valence-electron chi connectivity index (χ3n) is 2.01. The summed E-state index contributed by atoms with van der Waals surface area (Å²) >= 11 is 1.87. The van der Waals surface area contributed by atoms with Gasteiger partial charge in [-0.25, -0.2) is 10.8 Å². The maximum absolute atomic E-state index is 5.28. The Morgan fingerprint density at radius 2 is 2.40 bits per heavy atom. The summed E-state index contributed by atoms with van der Waals surface area (Å²) in [7, 11) is 0. The predicted octanol–water partition coefficient (Wildman–Crippen LogP) is 1.78. The maximum Gasteiger partial charge on any atom is 0.141 e. The zero-order valence-corrected chi connectivity index (χ0v) is 9.97. The minimum atomic E-state index is 0.655. The van der Waals surface area contributed by atoms with Gasteiger partial charge < -0.3 is 10.7 Å². The lowest BCUT2D eigenvalue weighted by atomic mass is 10.2. The smallest absolute Gasteiger partial charge is 0.141 e. The molecule has 15 heavy (non-hydrogen) atoms. The molecule has 1 atom stereocenters. The highest BCUT2D eigenvalue weighted by atomic mass is 32.2. The maximum atomic E-state index is 5.28. The molecule has 0 radical (unpaired) electrons. The first-order chi connectivity index (χ1) is 7.26. The number of thioether (sulfide) groups is 1. The average Bonchev–Trinajstić information content (AvgIpc) is 2.27. The first-order valence-corrected chi connectivity index (χ1v) is 6.31. The van der Waals surface area contributed by atoms with Crippen LogP contribution in [0.25, 0.3) is 0 Å². The van der Waals surface area contributed by atoms with Gasteiger partial charge in [-0.15, -0.1) is 0 Å². The summed E-state index contributed by atoms with van der Waals surface area (Å²) in [5, 5.41) is 3.36. The highest BCUT2D eigenvalue weighted by Crippen LogP contribution is 2.12. The van der Waals surface area contributed by atoms with Crippen LogP contribution in [0, 0.1) is 5.92 Å². The van der Waals surface area contributed by atoms with Crippen molar-refractivity contribution in [3.8, 4) is 0 Å². The molecule has 84 valence electrons. The number of aromatic nitrogens is 1. The van der Waals surface area contributed by atoms with Crippen molar-refractivity contribution < 1.29 is 0 Å². The fourth-order valence-electron chi connectivity index (χ4n) is 1.25. The third kappa shape index (κ3) is 4.40. The topological polar surface area (TPSA) is 63.0 Å². The van der Waals surface area contributed by atoms with Gasteiger partial charge in [0.15, 0.2) is 0 Å². The summed E-state index contributed by atoms with van der Waals surface area (Å²) in [6, 6.07) is 3.83. The lowest BCUT2D eigenvalue weighted by molar-refractivity contribution is 0.701. The standard InChI is InChI=1S/C10H18N4S/c1-8(7-15-2)6-13-9-3-4-12-10(5-9)14-11/h3-5,8H,6-7,11H2,1-2H3,(H2,12,13,14). The number of pyridine rings is 1. The molecule has 0 bridgehead atoms. The van der Waals surface area contributed by atoms with Crippen LogP contribution >= 0.6 is 11.8 Å². The summed E-state index contributed by atoms with van der Waals surface area (Å²) in [4.78, 5) is 4.04. The van der Waals surface area contributed by atoms with Crippen LogP contribution in [-0.2, 0) is 0 Å². The Bertz CT molecular complexity index is 293. The van der Waals surface area contributed by atoms with E-state index in [1.54, 1.807) is 6.20 Å². The second kappa shape index (κ2) is 6.53. The number of nitrogens with zero attached hydrogens (tertiary/aromatic N) is 1. The van der Waals surface area contributed by atoms with Crippen molar-refractivity contribution in [2.24, 2.45) is 11.8 Å². The van der Waals surface area contributed by atoms with E-state index in [4.69, 9.17) is 5.84 Å². The van der Waals surface area contributed by atoms with E-state index in [1.165, 1.54) is 5.75 Å². The van der Waals surface area contributed by atoms with E-state index in [0.29, 0.717) is 11.7 Å². The van der Waals surface area contributed by atoms with Crippen molar-refractivity contribution in [1.29, 1.82) is 0 Å². The van der Waals surface area contributed by atoms with Crippen molar-refractivity contribution in [3.05, 3.63) is 18.3 Å². The lowest BCUT2D eigenvalue weighted by Gasteiger charge is -2.12. The Morgan fingerprint density at radius 1 is 1.60 bits per heavy atom. The average molecular weight is 226 g/mol. The molecule has 1 aromatic heterocycles. The largest absolute Gasteiger partial charge is 0.385 e. The number of anilines is 2. The number of hydrazine groups is 1. The number of nitrogens with two attached hydrogens (primary N) is 1. The van der Waals surface area contributed by atoms with E-state index < -0.39 is 0 Å². The van der Waals surface area contributed by atoms with Crippen LogP contribution in [0.3, 0.4) is 0 Å². The van der Waals surface area contributed by atoms with E-state index in [1.807, 2.05) is 23.9 Å². The molecule has 0 saturated carbocycles. The number of nitrogen functional groups attached to an aromatic ring is 1. The first-order valence-electron chi connectivity index (χ1n) is 4.91. The van der Waals surface area contributed by atoms with Gasteiger partial charge in [-0.1, -0.05) is 6.92 Å². The van der Waals surface area contributed by atoms with Gasteiger partial charge in [-0.05, 0) is 24.0 Å². The molecule has 4 nitrogen and oxygen atoms in total. The van der Waals surface area contributed by atoms with Gasteiger partial charge in [0.05, 0.1) is 0 Å². The first kappa shape index (κ1) is 12.1. The molecule has 1 rings (SSSR count). The molecule has 0 saturated heterocycles. The fourth-order valence-corrected chi connectivity index (χ4v) is 1.94. The van der Waals surface area contributed by atoms with Gasteiger partial charge in [0.2, 0.25) is 0 Å². The van der Waals surface area contributed by atoms with Crippen molar-refractivity contribution in [1.82, 2.24) is 4.98 Å². The van der Waals surface area contributed by atoms with Crippen molar-refractivity contribution >= 4 is 23.3 Å². The van der Waals surface area contributed by atoms with Gasteiger partial charge in [0.1, 0.15) is 5.82 Å². The Balaban J connectivity index is 2.43. The third-order valence-corrected chi connectivity index (χ3v) is 2.92. The van der Waals surface area contributed by atoms with Crippen LogP contribution < -0.4 is 16.6 Å². The highest BCUT2D eigenvalue weighted by Gasteiger charge is 2.01. The Kier molecular flexibility index (Phi) is 5.28. The van der Waals surface area contributed by atoms with Gasteiger partial charge in [-0.3, -0.25) is 0 Å². The highest BCUT2D eigenvalue weighted by molar-refractivity contribution is 7.98. The van der Waals surface area contributed by atoms with Gasteiger partial charge in [0, 0.05) is 24.5 Å². The summed E-state index contributed by atoms with van der Waals surface area (Å²) in [5.41, 5.74) is 3.57. The summed E-state index contributed by atoms with van der Waals surface area (Å²) in [6.45, 7) is 3.20. The SMILES string of the molecule is CSCC(C)CNc1ccnc(NN)c1. The molecular formula is C10H18N4S. The lowest BCUT2D eigenvalue weighted by Crippen LogP contribution is -2.14. The minimum Gasteiger partial charge on any atom is -0.385 e. The number of hydrogen-bond acceptors (Lipinski definition) is 5. The van der Waals surface area contributed by atoms with E-state index >= 15 is 0 Å². The zero-order chi connectivity index (χ0) is 11.1. The molecular weight excluding hydrogens is 208 g/mol. The summed E-state index contributed by atoms with van der Waals surface area (Å²) in [5.74, 6) is 7.78. The van der Waals surface area contributed by atoms with E-state index in [2.05, 4.69) is 28.9 Å². The van der Waals surface area contributed by atoms with Crippen LogP contribution in [0.5, 0.6) is 0 Å². The fraction of sp³-hybridized carbons (Fsp3) is 0.500. The minimum absolute atomic E-state index is 0.655. The van der Waals surface area contributed by atoms with Crippen molar-refractivity contribution in [2.45, 2.75) is 6.92 Å². The summed E-state index contributed by atoms with van der Waals surface area (Å²) < 4.78 is 0. The molecule has 1 heterocycles. The zero-order valence-electron chi connectivity index (χ0n) is 9.16.